The van der Waals surface area contributed by atoms with Crippen molar-refractivity contribution >= 4 is 22.3 Å². The van der Waals surface area contributed by atoms with Gasteiger partial charge >= 0.3 is 0 Å². The maximum absolute atomic E-state index is 12.1. The minimum Gasteiger partial charge on any atom is -0.497 e. The van der Waals surface area contributed by atoms with Gasteiger partial charge in [-0.1, -0.05) is 0 Å². The third-order valence-electron chi connectivity index (χ3n) is 2.65. The van der Waals surface area contributed by atoms with E-state index in [-0.39, 0.29) is 12.2 Å². The Morgan fingerprint density at radius 2 is 2.28 bits per heavy atom. The molecule has 18 heavy (non-hydrogen) atoms. The van der Waals surface area contributed by atoms with Gasteiger partial charge < -0.3 is 10.5 Å². The topological polar surface area (TPSA) is 65.2 Å². The Bertz CT molecular complexity index is 578. The van der Waals surface area contributed by atoms with Crippen LogP contribution in [-0.2, 0) is 6.42 Å². The molecular formula is C13H14N2O2S. The van der Waals surface area contributed by atoms with Gasteiger partial charge in [-0.3, -0.25) is 4.79 Å². The summed E-state index contributed by atoms with van der Waals surface area (Å²) in [6.45, 7) is 1.89. The number of ketones is 1. The van der Waals surface area contributed by atoms with Crippen molar-refractivity contribution in [3.05, 3.63) is 40.4 Å². The molecule has 0 aliphatic rings. The van der Waals surface area contributed by atoms with Crippen molar-refractivity contribution in [2.75, 3.05) is 12.8 Å². The number of hydrogen-bond acceptors (Lipinski definition) is 5. The largest absolute Gasteiger partial charge is 0.497 e. The fourth-order valence-electron chi connectivity index (χ4n) is 1.74. The summed E-state index contributed by atoms with van der Waals surface area (Å²) in [5, 5.41) is 2.30. The number of aryl methyl sites for hydroxylation is 1. The Kier molecular flexibility index (Phi) is 3.62. The van der Waals surface area contributed by atoms with Crippen LogP contribution >= 0.6 is 11.3 Å². The maximum Gasteiger partial charge on any atom is 0.180 e. The van der Waals surface area contributed by atoms with E-state index in [0.29, 0.717) is 10.7 Å². The molecule has 0 bridgehead atoms. The molecule has 2 rings (SSSR count). The first-order valence-corrected chi connectivity index (χ1v) is 6.36. The minimum absolute atomic E-state index is 0.0421. The smallest absolute Gasteiger partial charge is 0.180 e. The molecule has 4 nitrogen and oxygen atoms in total. The van der Waals surface area contributed by atoms with Crippen LogP contribution in [0, 0.1) is 6.92 Å². The number of carbonyl (C=O) groups excluding carboxylic acids is 1. The zero-order valence-corrected chi connectivity index (χ0v) is 11.1. The number of Topliss-reactive ketones (excluding diaryl/α,β-unsaturated/α-hetero) is 1. The number of nitrogens with zero attached hydrogens (tertiary/aromatic N) is 1. The van der Waals surface area contributed by atoms with Crippen LogP contribution in [0.5, 0.6) is 5.75 Å². The average molecular weight is 262 g/mol. The third kappa shape index (κ3) is 2.68. The van der Waals surface area contributed by atoms with E-state index in [1.165, 1.54) is 11.3 Å². The second-order valence-corrected chi connectivity index (χ2v) is 4.85. The number of methoxy groups -OCH3 is 1. The molecule has 1 heterocycles. The molecule has 0 unspecified atom stereocenters. The highest BCUT2D eigenvalue weighted by molar-refractivity contribution is 7.13. The van der Waals surface area contributed by atoms with Gasteiger partial charge in [0.15, 0.2) is 10.9 Å². The van der Waals surface area contributed by atoms with Crippen molar-refractivity contribution in [1.29, 1.82) is 0 Å². The van der Waals surface area contributed by atoms with Crippen molar-refractivity contribution in [2.24, 2.45) is 0 Å². The molecule has 0 saturated heterocycles. The lowest BCUT2D eigenvalue weighted by atomic mass is 10.0. The Balaban J connectivity index is 2.18. The number of carbonyl (C=O) groups is 1. The molecule has 0 saturated carbocycles. The summed E-state index contributed by atoms with van der Waals surface area (Å²) in [5.74, 6) is 0.794. The quantitative estimate of drug-likeness (QED) is 0.860. The number of anilines is 1. The lowest BCUT2D eigenvalue weighted by Gasteiger charge is -2.06. The molecule has 1 aromatic carbocycles. The zero-order valence-electron chi connectivity index (χ0n) is 10.3. The van der Waals surface area contributed by atoms with E-state index in [1.807, 2.05) is 18.4 Å². The van der Waals surface area contributed by atoms with Gasteiger partial charge in [-0.2, -0.15) is 0 Å². The highest BCUT2D eigenvalue weighted by Crippen LogP contribution is 2.19. The number of ether oxygens (including phenoxy) is 1. The fraction of sp³-hybridized carbons (Fsp3) is 0.231. The van der Waals surface area contributed by atoms with E-state index < -0.39 is 0 Å². The van der Waals surface area contributed by atoms with Gasteiger partial charge in [0, 0.05) is 10.9 Å². The molecule has 5 heteroatoms. The van der Waals surface area contributed by atoms with Crippen molar-refractivity contribution in [1.82, 2.24) is 4.98 Å². The van der Waals surface area contributed by atoms with Gasteiger partial charge in [-0.15, -0.1) is 11.3 Å². The second kappa shape index (κ2) is 5.18. The van der Waals surface area contributed by atoms with E-state index in [0.717, 1.165) is 17.0 Å². The summed E-state index contributed by atoms with van der Waals surface area (Å²) in [4.78, 5) is 16.2. The van der Waals surface area contributed by atoms with Crippen LogP contribution < -0.4 is 10.5 Å². The first-order chi connectivity index (χ1) is 8.60. The summed E-state index contributed by atoms with van der Waals surface area (Å²) >= 11 is 1.35. The van der Waals surface area contributed by atoms with Crippen LogP contribution in [0.4, 0.5) is 5.13 Å². The molecular weight excluding hydrogens is 248 g/mol. The molecule has 0 aliphatic carbocycles. The van der Waals surface area contributed by atoms with Crippen LogP contribution in [-0.4, -0.2) is 17.9 Å². The van der Waals surface area contributed by atoms with E-state index in [9.17, 15) is 4.79 Å². The number of nitrogens with two attached hydrogens (primary N) is 1. The number of hydrogen-bond donors (Lipinski definition) is 1. The van der Waals surface area contributed by atoms with Gasteiger partial charge in [0.2, 0.25) is 0 Å². The Morgan fingerprint density at radius 1 is 1.50 bits per heavy atom. The van der Waals surface area contributed by atoms with Gasteiger partial charge in [-0.05, 0) is 30.7 Å². The molecule has 94 valence electrons. The van der Waals surface area contributed by atoms with Crippen LogP contribution in [0.25, 0.3) is 0 Å². The summed E-state index contributed by atoms with van der Waals surface area (Å²) in [6.07, 6.45) is 0.279. The summed E-state index contributed by atoms with van der Waals surface area (Å²) in [6, 6.07) is 5.42. The first-order valence-electron chi connectivity index (χ1n) is 5.48. The molecule has 0 radical (unpaired) electrons. The Labute approximate surface area is 109 Å². The number of nitrogen functional groups attached to an aromatic ring is 1. The van der Waals surface area contributed by atoms with Crippen LogP contribution in [0.2, 0.25) is 0 Å². The van der Waals surface area contributed by atoms with Crippen LogP contribution in [0.3, 0.4) is 0 Å². The second-order valence-electron chi connectivity index (χ2n) is 3.96. The number of rotatable bonds is 4. The molecule has 0 atom stereocenters. The number of thiazole rings is 1. The molecule has 1 aromatic heterocycles. The van der Waals surface area contributed by atoms with Gasteiger partial charge in [0.05, 0.1) is 19.2 Å². The van der Waals surface area contributed by atoms with Crippen LogP contribution in [0.15, 0.2) is 23.6 Å². The van der Waals surface area contributed by atoms with Crippen molar-refractivity contribution in [3.8, 4) is 5.75 Å². The van der Waals surface area contributed by atoms with Gasteiger partial charge in [-0.25, -0.2) is 4.98 Å². The standard InChI is InChI=1S/C13H14N2O2S/c1-8-5-10(17-2)3-4-11(8)12(16)6-9-7-18-13(14)15-9/h3-5,7H,6H2,1-2H3,(H2,14,15). The summed E-state index contributed by atoms with van der Waals surface area (Å²) in [7, 11) is 1.61. The van der Waals surface area contributed by atoms with E-state index in [2.05, 4.69) is 4.98 Å². The lowest BCUT2D eigenvalue weighted by Crippen LogP contribution is -2.06. The molecule has 2 aromatic rings. The van der Waals surface area contributed by atoms with Gasteiger partial charge in [0.25, 0.3) is 0 Å². The maximum atomic E-state index is 12.1. The van der Waals surface area contributed by atoms with Gasteiger partial charge in [0.1, 0.15) is 5.75 Å². The van der Waals surface area contributed by atoms with Crippen LogP contribution in [0.1, 0.15) is 21.6 Å². The monoisotopic (exact) mass is 262 g/mol. The lowest BCUT2D eigenvalue weighted by molar-refractivity contribution is 0.0991. The highest BCUT2D eigenvalue weighted by atomic mass is 32.1. The SMILES string of the molecule is COc1ccc(C(=O)Cc2csc(N)n2)c(C)c1. The molecule has 2 N–H and O–H groups in total. The fourth-order valence-corrected chi connectivity index (χ4v) is 2.30. The summed E-state index contributed by atoms with van der Waals surface area (Å²) < 4.78 is 5.11. The molecule has 0 amide bonds. The predicted octanol–water partition coefficient (Wildman–Crippen LogP) is 2.47. The molecule has 0 aliphatic heterocycles. The Hall–Kier alpha value is -1.88. The predicted molar refractivity (Wildman–Crippen MR) is 72.3 cm³/mol. The molecule has 0 spiro atoms. The average Bonchev–Trinajstić information content (AvgIpc) is 2.74. The third-order valence-corrected chi connectivity index (χ3v) is 3.37. The summed E-state index contributed by atoms with van der Waals surface area (Å²) in [5.41, 5.74) is 7.86. The van der Waals surface area contributed by atoms with E-state index in [1.54, 1.807) is 19.2 Å². The van der Waals surface area contributed by atoms with Crippen molar-refractivity contribution in [2.45, 2.75) is 13.3 Å². The van der Waals surface area contributed by atoms with Crippen molar-refractivity contribution < 1.29 is 9.53 Å². The first kappa shape index (κ1) is 12.6. The van der Waals surface area contributed by atoms with E-state index >= 15 is 0 Å². The van der Waals surface area contributed by atoms with E-state index in [4.69, 9.17) is 10.5 Å². The minimum atomic E-state index is 0.0421. The number of benzene rings is 1. The normalized spacial score (nSPS) is 10.3. The number of aromatic nitrogens is 1. The molecule has 0 fully saturated rings. The Morgan fingerprint density at radius 3 is 2.83 bits per heavy atom. The zero-order chi connectivity index (χ0) is 13.1. The highest BCUT2D eigenvalue weighted by Gasteiger charge is 2.12. The van der Waals surface area contributed by atoms with Crippen molar-refractivity contribution in [3.63, 3.8) is 0 Å².